The Labute approximate surface area is 303 Å². The van der Waals surface area contributed by atoms with E-state index in [4.69, 9.17) is 25.9 Å². The van der Waals surface area contributed by atoms with Gasteiger partial charge >= 0.3 is 0 Å². The molecule has 0 aliphatic heterocycles. The zero-order valence-electron chi connectivity index (χ0n) is 35.0. The van der Waals surface area contributed by atoms with E-state index in [-0.39, 0.29) is 57.4 Å². The fourth-order valence-electron chi connectivity index (χ4n) is 7.05. The van der Waals surface area contributed by atoms with Crippen LogP contribution in [0.5, 0.6) is 0 Å². The summed E-state index contributed by atoms with van der Waals surface area (Å²) in [7, 11) is 0. The van der Waals surface area contributed by atoms with Crippen molar-refractivity contribution in [3.05, 3.63) is 158 Å². The Hall–Kier alpha value is -6.43. The van der Waals surface area contributed by atoms with E-state index in [1.165, 1.54) is 15.7 Å². The first-order valence-electron chi connectivity index (χ1n) is 20.6. The zero-order chi connectivity index (χ0) is 40.6. The van der Waals surface area contributed by atoms with Gasteiger partial charge in [-0.15, -0.1) is 11.3 Å². The molecule has 0 saturated heterocycles. The zero-order valence-corrected chi connectivity index (χ0v) is 26.8. The largest absolute Gasteiger partial charge is 0.308 e. The standard InChI is InChI=1S/C45H26N4S/c1-3-12-27(13-4-1)43-46-44(28-14-5-2-6-15-28)48-45(47-43)31-17-11-16-29(24-31)30-22-23-39-34(25-30)36-26-35-32-18-7-9-20-37(32)49-38-21-10-8-19-33(38)40(41(35)49)42(36)50-39/h1-26H/i7D,8D,9D,10D,18D,19D,20D,21D,26D. The summed E-state index contributed by atoms with van der Waals surface area (Å²) in [5, 5.41) is 2.43. The van der Waals surface area contributed by atoms with Crippen LogP contribution < -0.4 is 0 Å². The third kappa shape index (κ3) is 4.01. The molecule has 0 saturated carbocycles. The van der Waals surface area contributed by atoms with Crippen molar-refractivity contribution in [2.24, 2.45) is 0 Å². The van der Waals surface area contributed by atoms with Crippen LogP contribution >= 0.6 is 11.3 Å². The SMILES string of the molecule is [2H]c1c([2H])c([2H])c2c(c1[2H])c1c([2H])c3c4cc(-c5cccc(-c6nc(-c7ccccc7)nc(-c7ccccc7)n6)c5)ccc4sc3c3c4c([2H])c([2H])c([2H])c([2H])c4n2c13. The third-order valence-corrected chi connectivity index (χ3v) is 10.5. The Morgan fingerprint density at radius 1 is 0.480 bits per heavy atom. The number of hydrogen-bond acceptors (Lipinski definition) is 4. The van der Waals surface area contributed by atoms with E-state index in [1.807, 2.05) is 103 Å². The molecule has 0 aliphatic rings. The Balaban J connectivity index is 1.18. The first kappa shape index (κ1) is 20.2. The average molecular weight is 664 g/mol. The minimum Gasteiger partial charge on any atom is -0.308 e. The van der Waals surface area contributed by atoms with Gasteiger partial charge in [0, 0.05) is 58.4 Å². The monoisotopic (exact) mass is 663 g/mol. The number of nitrogens with zero attached hydrogens (tertiary/aromatic N) is 4. The van der Waals surface area contributed by atoms with Gasteiger partial charge in [-0.25, -0.2) is 15.0 Å². The summed E-state index contributed by atoms with van der Waals surface area (Å²) >= 11 is 1.41. The Bertz CT molecular complexity index is 3550. The number of aromatic nitrogens is 4. The fraction of sp³-hybridized carbons (Fsp3) is 0. The van der Waals surface area contributed by atoms with Gasteiger partial charge in [0.2, 0.25) is 0 Å². The predicted molar refractivity (Wildman–Crippen MR) is 209 cm³/mol. The maximum Gasteiger partial charge on any atom is 0.164 e. The Morgan fingerprint density at radius 2 is 1.06 bits per heavy atom. The number of thiophene rings is 1. The molecule has 0 spiro atoms. The van der Waals surface area contributed by atoms with Gasteiger partial charge in [-0.1, -0.05) is 121 Å². The lowest BCUT2D eigenvalue weighted by Gasteiger charge is -2.10. The molecule has 0 amide bonds. The van der Waals surface area contributed by atoms with Crippen molar-refractivity contribution in [1.29, 1.82) is 0 Å². The third-order valence-electron chi connectivity index (χ3n) is 9.30. The normalized spacial score (nSPS) is 14.5. The van der Waals surface area contributed by atoms with Crippen molar-refractivity contribution >= 4 is 69.6 Å². The molecule has 50 heavy (non-hydrogen) atoms. The second-order valence-electron chi connectivity index (χ2n) is 12.1. The van der Waals surface area contributed by atoms with Crippen LogP contribution in [-0.4, -0.2) is 19.4 Å². The van der Waals surface area contributed by atoms with Crippen molar-refractivity contribution < 1.29 is 12.3 Å². The van der Waals surface area contributed by atoms with E-state index >= 15 is 0 Å². The molecule has 0 unspecified atom stereocenters. The molecule has 4 aromatic heterocycles. The molecular weight excluding hydrogens is 629 g/mol. The Morgan fingerprint density at radius 3 is 1.78 bits per heavy atom. The van der Waals surface area contributed by atoms with Gasteiger partial charge < -0.3 is 4.40 Å². The number of hydrogen-bond donors (Lipinski definition) is 0. The van der Waals surface area contributed by atoms with E-state index in [2.05, 4.69) is 0 Å². The molecule has 4 heterocycles. The van der Waals surface area contributed by atoms with Crippen LogP contribution in [0.15, 0.2) is 158 Å². The topological polar surface area (TPSA) is 43.1 Å². The first-order chi connectivity index (χ1) is 28.5. The summed E-state index contributed by atoms with van der Waals surface area (Å²) in [5.74, 6) is 1.60. The van der Waals surface area contributed by atoms with Crippen LogP contribution in [0.4, 0.5) is 0 Å². The lowest BCUT2D eigenvalue weighted by atomic mass is 9.99. The molecule has 0 atom stereocenters. The summed E-state index contributed by atoms with van der Waals surface area (Å²) in [6, 6.07) is 30.5. The van der Waals surface area contributed by atoms with E-state index in [0.29, 0.717) is 38.5 Å². The van der Waals surface area contributed by atoms with E-state index in [9.17, 15) is 1.37 Å². The van der Waals surface area contributed by atoms with Gasteiger partial charge in [0.25, 0.3) is 0 Å². The van der Waals surface area contributed by atoms with Gasteiger partial charge in [0.05, 0.1) is 28.9 Å². The smallest absolute Gasteiger partial charge is 0.164 e. The first-order valence-corrected chi connectivity index (χ1v) is 16.9. The van der Waals surface area contributed by atoms with Crippen molar-refractivity contribution in [2.45, 2.75) is 0 Å². The van der Waals surface area contributed by atoms with Crippen LogP contribution in [0.25, 0.3) is 104 Å². The van der Waals surface area contributed by atoms with Crippen LogP contribution in [0.3, 0.4) is 0 Å². The van der Waals surface area contributed by atoms with Crippen LogP contribution in [0.2, 0.25) is 0 Å². The Kier molecular flexibility index (Phi) is 4.25. The van der Waals surface area contributed by atoms with Crippen LogP contribution in [0, 0.1) is 0 Å². The average Bonchev–Trinajstić information content (AvgIpc) is 3.95. The highest BCUT2D eigenvalue weighted by Gasteiger charge is 2.22. The van der Waals surface area contributed by atoms with Crippen molar-refractivity contribution in [3.8, 4) is 45.3 Å². The number of rotatable bonds is 4. The van der Waals surface area contributed by atoms with E-state index in [0.717, 1.165) is 37.9 Å². The van der Waals surface area contributed by atoms with Gasteiger partial charge in [0.1, 0.15) is 0 Å². The van der Waals surface area contributed by atoms with Crippen molar-refractivity contribution in [2.75, 3.05) is 0 Å². The lowest BCUT2D eigenvalue weighted by Crippen LogP contribution is -2.00. The fourth-order valence-corrected chi connectivity index (χ4v) is 8.24. The van der Waals surface area contributed by atoms with Gasteiger partial charge in [-0.3, -0.25) is 0 Å². The van der Waals surface area contributed by atoms with Crippen LogP contribution in [0.1, 0.15) is 12.3 Å². The molecule has 11 aromatic rings. The van der Waals surface area contributed by atoms with E-state index in [1.54, 1.807) is 0 Å². The summed E-state index contributed by atoms with van der Waals surface area (Å²) in [5.41, 5.74) is 4.79. The van der Waals surface area contributed by atoms with Crippen LogP contribution in [-0.2, 0) is 0 Å². The van der Waals surface area contributed by atoms with Crippen molar-refractivity contribution in [1.82, 2.24) is 19.4 Å². The molecule has 5 heteroatoms. The minimum atomic E-state index is -0.465. The predicted octanol–water partition coefficient (Wildman–Crippen LogP) is 12.1. The second-order valence-corrected chi connectivity index (χ2v) is 13.2. The summed E-state index contributed by atoms with van der Waals surface area (Å²) in [6.45, 7) is 0. The van der Waals surface area contributed by atoms with E-state index < -0.39 is 24.2 Å². The minimum absolute atomic E-state index is 0.0554. The van der Waals surface area contributed by atoms with Gasteiger partial charge in [0.15, 0.2) is 17.5 Å². The maximum atomic E-state index is 9.80. The summed E-state index contributed by atoms with van der Waals surface area (Å²) < 4.78 is 83.1. The molecule has 11 rings (SSSR count). The molecule has 0 bridgehead atoms. The number of benzene rings is 7. The number of para-hydroxylation sites is 2. The summed E-state index contributed by atoms with van der Waals surface area (Å²) in [4.78, 5) is 14.7. The molecule has 0 N–H and O–H groups in total. The quantitative estimate of drug-likeness (QED) is 0.188. The summed E-state index contributed by atoms with van der Waals surface area (Å²) in [6.07, 6.45) is 0. The molecule has 0 aliphatic carbocycles. The highest BCUT2D eigenvalue weighted by molar-refractivity contribution is 7.26. The highest BCUT2D eigenvalue weighted by atomic mass is 32.1. The van der Waals surface area contributed by atoms with Gasteiger partial charge in [-0.05, 0) is 47.5 Å². The molecule has 0 fully saturated rings. The lowest BCUT2D eigenvalue weighted by molar-refractivity contribution is 1.07. The molecule has 232 valence electrons. The second kappa shape index (κ2) is 10.5. The molecule has 4 nitrogen and oxygen atoms in total. The van der Waals surface area contributed by atoms with Gasteiger partial charge in [-0.2, -0.15) is 0 Å². The van der Waals surface area contributed by atoms with Crippen molar-refractivity contribution in [3.63, 3.8) is 0 Å². The molecule has 0 radical (unpaired) electrons. The maximum absolute atomic E-state index is 9.80. The molecular formula is C45H26N4S. The highest BCUT2D eigenvalue weighted by Crippen LogP contribution is 2.48. The number of fused-ring (bicyclic) bond motifs is 10. The molecule has 7 aromatic carbocycles.